The van der Waals surface area contributed by atoms with Crippen LogP contribution in [0.2, 0.25) is 5.02 Å². The lowest BCUT2D eigenvalue weighted by Gasteiger charge is -1.92. The van der Waals surface area contributed by atoms with Crippen molar-refractivity contribution in [3.63, 3.8) is 0 Å². The minimum atomic E-state index is -0.838. The van der Waals surface area contributed by atoms with Crippen LogP contribution in [0.5, 0.6) is 0 Å². The van der Waals surface area contributed by atoms with Gasteiger partial charge in [-0.2, -0.15) is 0 Å². The molecule has 2 amide bonds. The molecule has 0 spiro atoms. The van der Waals surface area contributed by atoms with Gasteiger partial charge in [0.05, 0.1) is 5.02 Å². The summed E-state index contributed by atoms with van der Waals surface area (Å²) >= 11 is 5.70. The Morgan fingerprint density at radius 2 is 2.08 bits per heavy atom. The van der Waals surface area contributed by atoms with E-state index in [4.69, 9.17) is 17.3 Å². The fraction of sp³-hybridized carbons (Fsp3) is 0. The van der Waals surface area contributed by atoms with Crippen molar-refractivity contribution in [2.75, 3.05) is 0 Å². The van der Waals surface area contributed by atoms with Gasteiger partial charge in [0.2, 0.25) is 0 Å². The van der Waals surface area contributed by atoms with E-state index in [9.17, 15) is 4.79 Å². The van der Waals surface area contributed by atoms with Crippen molar-refractivity contribution >= 4 is 23.3 Å². The van der Waals surface area contributed by atoms with E-state index in [1.807, 2.05) is 0 Å². The lowest BCUT2D eigenvalue weighted by Crippen LogP contribution is -2.01. The van der Waals surface area contributed by atoms with Gasteiger partial charge in [-0.15, -0.1) is 5.11 Å². The molecule has 0 fully saturated rings. The molecule has 0 saturated heterocycles. The van der Waals surface area contributed by atoms with Crippen LogP contribution in [0.15, 0.2) is 34.5 Å². The highest BCUT2D eigenvalue weighted by atomic mass is 35.5. The maximum atomic E-state index is 10.2. The highest BCUT2D eigenvalue weighted by Crippen LogP contribution is 2.23. The Kier molecular flexibility index (Phi) is 2.76. The molecule has 2 N–H and O–H groups in total. The van der Waals surface area contributed by atoms with E-state index in [1.54, 1.807) is 24.3 Å². The van der Waals surface area contributed by atoms with Crippen molar-refractivity contribution in [3.8, 4) is 0 Å². The number of urea groups is 1. The molecule has 0 bridgehead atoms. The first kappa shape index (κ1) is 8.67. The van der Waals surface area contributed by atoms with Crippen LogP contribution in [0.3, 0.4) is 0 Å². The number of halogens is 1. The van der Waals surface area contributed by atoms with Gasteiger partial charge in [-0.05, 0) is 12.1 Å². The second kappa shape index (κ2) is 3.82. The molecule has 0 saturated carbocycles. The topological polar surface area (TPSA) is 67.8 Å². The Morgan fingerprint density at radius 1 is 1.42 bits per heavy atom. The smallest absolute Gasteiger partial charge is 0.348 e. The molecular formula is C7H6ClN3O. The summed E-state index contributed by atoms with van der Waals surface area (Å²) in [7, 11) is 0. The van der Waals surface area contributed by atoms with Crippen LogP contribution in [-0.2, 0) is 0 Å². The van der Waals surface area contributed by atoms with Crippen LogP contribution in [0.4, 0.5) is 10.5 Å². The average Bonchev–Trinajstić information content (AvgIpc) is 2.03. The fourth-order valence-electron chi connectivity index (χ4n) is 0.636. The first-order chi connectivity index (χ1) is 5.70. The third kappa shape index (κ3) is 2.32. The molecule has 0 heterocycles. The number of hydrogen-bond donors (Lipinski definition) is 1. The standard InChI is InChI=1S/C7H6ClN3O/c8-5-3-1-2-4-6(5)10-11-7(9)12/h1-4H,(H2,9,12). The average molecular weight is 184 g/mol. The van der Waals surface area contributed by atoms with Gasteiger partial charge in [0, 0.05) is 0 Å². The SMILES string of the molecule is NC(=O)N=Nc1ccccc1Cl. The first-order valence-corrected chi connectivity index (χ1v) is 3.53. The van der Waals surface area contributed by atoms with Crippen molar-refractivity contribution in [1.29, 1.82) is 0 Å². The van der Waals surface area contributed by atoms with Crippen LogP contribution < -0.4 is 5.73 Å². The van der Waals surface area contributed by atoms with Gasteiger partial charge >= 0.3 is 6.03 Å². The molecule has 62 valence electrons. The van der Waals surface area contributed by atoms with Crippen molar-refractivity contribution in [1.82, 2.24) is 0 Å². The molecular weight excluding hydrogens is 178 g/mol. The molecule has 1 rings (SSSR count). The highest BCUT2D eigenvalue weighted by molar-refractivity contribution is 6.32. The zero-order valence-corrected chi connectivity index (χ0v) is 6.82. The molecule has 0 aliphatic rings. The monoisotopic (exact) mass is 183 g/mol. The molecule has 0 aliphatic carbocycles. The molecule has 0 aliphatic heterocycles. The summed E-state index contributed by atoms with van der Waals surface area (Å²) in [6.45, 7) is 0. The fourth-order valence-corrected chi connectivity index (χ4v) is 0.810. The Bertz CT molecular complexity index is 324. The largest absolute Gasteiger partial charge is 0.356 e. The van der Waals surface area contributed by atoms with Gasteiger partial charge in [-0.3, -0.25) is 0 Å². The Morgan fingerprint density at radius 3 is 2.67 bits per heavy atom. The van der Waals surface area contributed by atoms with Crippen molar-refractivity contribution in [2.45, 2.75) is 0 Å². The molecule has 4 nitrogen and oxygen atoms in total. The van der Waals surface area contributed by atoms with Crippen molar-refractivity contribution in [3.05, 3.63) is 29.3 Å². The van der Waals surface area contributed by atoms with E-state index in [1.165, 1.54) is 0 Å². The van der Waals surface area contributed by atoms with Crippen molar-refractivity contribution < 1.29 is 4.79 Å². The van der Waals surface area contributed by atoms with Gasteiger partial charge in [0.25, 0.3) is 0 Å². The summed E-state index contributed by atoms with van der Waals surface area (Å²) in [5.74, 6) is 0. The molecule has 5 heteroatoms. The second-order valence-corrected chi connectivity index (χ2v) is 2.40. The van der Waals surface area contributed by atoms with Crippen LogP contribution in [0.1, 0.15) is 0 Å². The van der Waals surface area contributed by atoms with E-state index in [2.05, 4.69) is 10.2 Å². The molecule has 0 atom stereocenters. The molecule has 0 unspecified atom stereocenters. The van der Waals surface area contributed by atoms with E-state index in [0.29, 0.717) is 10.7 Å². The highest BCUT2D eigenvalue weighted by Gasteiger charge is 1.95. The van der Waals surface area contributed by atoms with Gasteiger partial charge in [0.15, 0.2) is 0 Å². The number of benzene rings is 1. The minimum Gasteiger partial charge on any atom is -0.348 e. The summed E-state index contributed by atoms with van der Waals surface area (Å²) < 4.78 is 0. The molecule has 1 aromatic rings. The van der Waals surface area contributed by atoms with Gasteiger partial charge in [-0.1, -0.05) is 28.8 Å². The summed E-state index contributed by atoms with van der Waals surface area (Å²) in [5, 5.41) is 7.09. The molecule has 1 aromatic carbocycles. The van der Waals surface area contributed by atoms with Crippen LogP contribution in [0, 0.1) is 0 Å². The van der Waals surface area contributed by atoms with Gasteiger partial charge in [0.1, 0.15) is 5.69 Å². The predicted molar refractivity (Wildman–Crippen MR) is 45.6 cm³/mol. The Labute approximate surface area is 74.0 Å². The predicted octanol–water partition coefficient (Wildman–Crippen LogP) is 2.50. The first-order valence-electron chi connectivity index (χ1n) is 3.16. The normalized spacial score (nSPS) is 10.4. The third-order valence-electron chi connectivity index (χ3n) is 1.11. The number of carbonyl (C=O) groups is 1. The maximum absolute atomic E-state index is 10.2. The molecule has 12 heavy (non-hydrogen) atoms. The summed E-state index contributed by atoms with van der Waals surface area (Å²) in [6.07, 6.45) is 0. The Hall–Kier alpha value is -1.42. The van der Waals surface area contributed by atoms with E-state index in [-0.39, 0.29) is 0 Å². The van der Waals surface area contributed by atoms with E-state index >= 15 is 0 Å². The third-order valence-corrected chi connectivity index (χ3v) is 1.43. The zero-order valence-electron chi connectivity index (χ0n) is 6.07. The summed E-state index contributed by atoms with van der Waals surface area (Å²) in [4.78, 5) is 10.2. The van der Waals surface area contributed by atoms with Crippen LogP contribution >= 0.6 is 11.6 Å². The lowest BCUT2D eigenvalue weighted by atomic mass is 10.3. The van der Waals surface area contributed by atoms with E-state index in [0.717, 1.165) is 0 Å². The van der Waals surface area contributed by atoms with Gasteiger partial charge < -0.3 is 5.73 Å². The Balaban J connectivity index is 2.89. The lowest BCUT2D eigenvalue weighted by molar-refractivity contribution is 0.255. The van der Waals surface area contributed by atoms with Crippen LogP contribution in [0.25, 0.3) is 0 Å². The van der Waals surface area contributed by atoms with E-state index < -0.39 is 6.03 Å². The molecule has 0 radical (unpaired) electrons. The minimum absolute atomic E-state index is 0.429. The number of hydrogen-bond acceptors (Lipinski definition) is 2. The number of primary amides is 1. The number of nitrogens with zero attached hydrogens (tertiary/aromatic N) is 2. The second-order valence-electron chi connectivity index (χ2n) is 1.99. The number of nitrogens with two attached hydrogens (primary N) is 1. The summed E-state index contributed by atoms with van der Waals surface area (Å²) in [6, 6.07) is 5.94. The molecule has 0 aromatic heterocycles. The zero-order chi connectivity index (χ0) is 8.97. The number of azo groups is 1. The van der Waals surface area contributed by atoms with Crippen molar-refractivity contribution in [2.24, 2.45) is 16.0 Å². The maximum Gasteiger partial charge on any atom is 0.356 e. The number of rotatable bonds is 1. The quantitative estimate of drug-likeness (QED) is 0.668. The summed E-state index contributed by atoms with van der Waals surface area (Å²) in [5.41, 5.74) is 5.18. The van der Waals surface area contributed by atoms with Gasteiger partial charge in [-0.25, -0.2) is 4.79 Å². The number of amides is 2. The van der Waals surface area contributed by atoms with Crippen LogP contribution in [-0.4, -0.2) is 6.03 Å². The number of carbonyl (C=O) groups excluding carboxylic acids is 1.